The van der Waals surface area contributed by atoms with E-state index in [1.165, 1.54) is 10.4 Å². The van der Waals surface area contributed by atoms with Crippen molar-refractivity contribution in [3.63, 3.8) is 0 Å². The van der Waals surface area contributed by atoms with E-state index in [-0.39, 0.29) is 17.2 Å². The molecule has 0 N–H and O–H groups in total. The van der Waals surface area contributed by atoms with E-state index in [9.17, 15) is 0 Å². The van der Waals surface area contributed by atoms with Gasteiger partial charge in [-0.25, -0.2) is 0 Å². The highest BCUT2D eigenvalue weighted by Crippen LogP contribution is 2.40. The van der Waals surface area contributed by atoms with Gasteiger partial charge in [-0.05, 0) is 59.3 Å². The van der Waals surface area contributed by atoms with Crippen LogP contribution in [-0.2, 0) is 4.43 Å². The van der Waals surface area contributed by atoms with E-state index >= 15 is 0 Å². The molecule has 3 aromatic carbocycles. The molecule has 0 heterocycles. The Morgan fingerprint density at radius 2 is 1.30 bits per heavy atom. The summed E-state index contributed by atoms with van der Waals surface area (Å²) in [6.45, 7) is 7.01. The molecule has 1 aliphatic carbocycles. The molecule has 2 nitrogen and oxygen atoms in total. The second-order valence-corrected chi connectivity index (χ2v) is 15.4. The molecule has 0 bridgehead atoms. The minimum atomic E-state index is -2.52. The average molecular weight is 544 g/mol. The zero-order valence-corrected chi connectivity index (χ0v) is 22.9. The number of benzene rings is 3. The standard InChI is InChI=1S/C28H32BrClO2Si/c1-28(2,3)33(24-10-6-4-7-11-24,25-12-8-5-9-13-25)32-23-17-15-22(16-18-23)31-27-20-21(29)14-19-26(27)30/h4-14,19-20,22-23H,15-18H2,1-3H3. The van der Waals surface area contributed by atoms with E-state index in [0.717, 1.165) is 35.9 Å². The van der Waals surface area contributed by atoms with Gasteiger partial charge in [0.25, 0.3) is 8.32 Å². The third-order valence-electron chi connectivity index (χ3n) is 6.57. The van der Waals surface area contributed by atoms with Crippen molar-refractivity contribution in [3.05, 3.63) is 88.4 Å². The Kier molecular flexibility index (Phi) is 7.69. The predicted octanol–water partition coefficient (Wildman–Crippen LogP) is 7.37. The van der Waals surface area contributed by atoms with Crippen molar-refractivity contribution >= 4 is 46.2 Å². The minimum Gasteiger partial charge on any atom is -0.489 e. The van der Waals surface area contributed by atoms with Gasteiger partial charge in [0.05, 0.1) is 11.1 Å². The highest BCUT2D eigenvalue weighted by atomic mass is 79.9. The summed E-state index contributed by atoms with van der Waals surface area (Å²) in [5, 5.41) is 3.32. The highest BCUT2D eigenvalue weighted by molar-refractivity contribution is 9.10. The first-order valence-electron chi connectivity index (χ1n) is 11.7. The summed E-state index contributed by atoms with van der Waals surface area (Å²) in [5.41, 5.74) is 0. The SMILES string of the molecule is CC(C)(C)[Si](OC1CCC(Oc2cc(Br)ccc2Cl)CC1)(c1ccccc1)c1ccccc1. The molecule has 3 aromatic rings. The van der Waals surface area contributed by atoms with Crippen molar-refractivity contribution in [1.82, 2.24) is 0 Å². The Balaban J connectivity index is 1.56. The molecule has 0 aromatic heterocycles. The average Bonchev–Trinajstić information content (AvgIpc) is 2.81. The molecule has 0 radical (unpaired) electrons. The second-order valence-electron chi connectivity index (χ2n) is 9.87. The van der Waals surface area contributed by atoms with Gasteiger partial charge in [0, 0.05) is 10.6 Å². The molecule has 1 aliphatic rings. The Morgan fingerprint density at radius 1 is 0.788 bits per heavy atom. The van der Waals surface area contributed by atoms with Gasteiger partial charge in [-0.2, -0.15) is 0 Å². The lowest BCUT2D eigenvalue weighted by atomic mass is 9.95. The lowest BCUT2D eigenvalue weighted by molar-refractivity contribution is 0.0751. The summed E-state index contributed by atoms with van der Waals surface area (Å²) in [6.07, 6.45) is 4.28. The lowest BCUT2D eigenvalue weighted by Gasteiger charge is -2.46. The van der Waals surface area contributed by atoms with Crippen LogP contribution in [0.3, 0.4) is 0 Å². The Morgan fingerprint density at radius 3 is 1.82 bits per heavy atom. The fourth-order valence-electron chi connectivity index (χ4n) is 4.96. The third-order valence-corrected chi connectivity index (χ3v) is 12.5. The molecular formula is C28H32BrClO2Si. The van der Waals surface area contributed by atoms with E-state index in [0.29, 0.717) is 5.02 Å². The largest absolute Gasteiger partial charge is 0.489 e. The van der Waals surface area contributed by atoms with Crippen molar-refractivity contribution < 1.29 is 9.16 Å². The van der Waals surface area contributed by atoms with E-state index < -0.39 is 8.32 Å². The van der Waals surface area contributed by atoms with Crippen LogP contribution in [0.1, 0.15) is 46.5 Å². The van der Waals surface area contributed by atoms with E-state index in [1.807, 2.05) is 18.2 Å². The van der Waals surface area contributed by atoms with Crippen LogP contribution in [0, 0.1) is 0 Å². The molecule has 0 spiro atoms. The first-order valence-corrected chi connectivity index (χ1v) is 14.8. The second kappa shape index (κ2) is 10.3. The highest BCUT2D eigenvalue weighted by Gasteiger charge is 2.51. The van der Waals surface area contributed by atoms with Crippen LogP contribution in [0.2, 0.25) is 10.1 Å². The molecule has 1 saturated carbocycles. The smallest absolute Gasteiger partial charge is 0.261 e. The zero-order chi connectivity index (χ0) is 23.5. The molecule has 0 atom stereocenters. The fourth-order valence-corrected chi connectivity index (χ4v) is 10.2. The first kappa shape index (κ1) is 24.5. The molecular weight excluding hydrogens is 512 g/mol. The van der Waals surface area contributed by atoms with E-state index in [2.05, 4.69) is 97.4 Å². The molecule has 4 rings (SSSR count). The van der Waals surface area contributed by atoms with Crippen molar-refractivity contribution in [1.29, 1.82) is 0 Å². The number of hydrogen-bond donors (Lipinski definition) is 0. The maximum Gasteiger partial charge on any atom is 0.261 e. The van der Waals surface area contributed by atoms with Crippen LogP contribution >= 0.6 is 27.5 Å². The number of ether oxygens (including phenoxy) is 1. The molecule has 0 aliphatic heterocycles. The van der Waals surface area contributed by atoms with Gasteiger partial charge < -0.3 is 9.16 Å². The van der Waals surface area contributed by atoms with Crippen LogP contribution < -0.4 is 15.1 Å². The third kappa shape index (κ3) is 5.40. The van der Waals surface area contributed by atoms with Crippen LogP contribution in [-0.4, -0.2) is 20.5 Å². The fraction of sp³-hybridized carbons (Fsp3) is 0.357. The number of hydrogen-bond acceptors (Lipinski definition) is 2. The Hall–Kier alpha value is -1.59. The molecule has 0 saturated heterocycles. The van der Waals surface area contributed by atoms with Crippen LogP contribution in [0.15, 0.2) is 83.3 Å². The van der Waals surface area contributed by atoms with Crippen molar-refractivity contribution in [2.24, 2.45) is 0 Å². The van der Waals surface area contributed by atoms with Gasteiger partial charge in [-0.1, -0.05) is 109 Å². The summed E-state index contributed by atoms with van der Waals surface area (Å²) >= 11 is 9.86. The monoisotopic (exact) mass is 542 g/mol. The summed E-state index contributed by atoms with van der Waals surface area (Å²) in [5.74, 6) is 0.752. The van der Waals surface area contributed by atoms with Gasteiger partial charge in [0.15, 0.2) is 0 Å². The summed E-state index contributed by atoms with van der Waals surface area (Å²) in [6, 6.07) is 27.5. The predicted molar refractivity (Wildman–Crippen MR) is 145 cm³/mol. The molecule has 0 unspecified atom stereocenters. The molecule has 174 valence electrons. The molecule has 1 fully saturated rings. The summed E-state index contributed by atoms with van der Waals surface area (Å²) in [7, 11) is -2.52. The topological polar surface area (TPSA) is 18.5 Å². The van der Waals surface area contributed by atoms with Gasteiger partial charge in [0.1, 0.15) is 5.75 Å². The molecule has 5 heteroatoms. The lowest BCUT2D eigenvalue weighted by Crippen LogP contribution is -2.67. The van der Waals surface area contributed by atoms with Crippen molar-refractivity contribution in [2.45, 2.75) is 63.7 Å². The summed E-state index contributed by atoms with van der Waals surface area (Å²) < 4.78 is 14.6. The van der Waals surface area contributed by atoms with E-state index in [4.69, 9.17) is 20.8 Å². The van der Waals surface area contributed by atoms with Crippen molar-refractivity contribution in [2.75, 3.05) is 0 Å². The van der Waals surface area contributed by atoms with Gasteiger partial charge in [-0.3, -0.25) is 0 Å². The van der Waals surface area contributed by atoms with Crippen LogP contribution in [0.5, 0.6) is 5.75 Å². The maximum atomic E-state index is 7.31. The minimum absolute atomic E-state index is 0.00705. The Bertz CT molecular complexity index is 1000. The van der Waals surface area contributed by atoms with E-state index in [1.54, 1.807) is 0 Å². The van der Waals surface area contributed by atoms with Gasteiger partial charge in [0.2, 0.25) is 0 Å². The summed E-state index contributed by atoms with van der Waals surface area (Å²) in [4.78, 5) is 0. The van der Waals surface area contributed by atoms with Crippen LogP contribution in [0.4, 0.5) is 0 Å². The molecule has 0 amide bonds. The number of halogens is 2. The van der Waals surface area contributed by atoms with Crippen molar-refractivity contribution in [3.8, 4) is 5.75 Å². The van der Waals surface area contributed by atoms with Gasteiger partial charge >= 0.3 is 0 Å². The first-order chi connectivity index (χ1) is 15.8. The van der Waals surface area contributed by atoms with Gasteiger partial charge in [-0.15, -0.1) is 0 Å². The zero-order valence-electron chi connectivity index (χ0n) is 19.6. The maximum absolute atomic E-state index is 7.31. The normalized spacial score (nSPS) is 19.3. The quantitative estimate of drug-likeness (QED) is 0.302. The Labute approximate surface area is 212 Å². The van der Waals surface area contributed by atoms with Crippen LogP contribution in [0.25, 0.3) is 0 Å². The number of rotatable bonds is 6. The molecule has 33 heavy (non-hydrogen) atoms.